The van der Waals surface area contributed by atoms with E-state index in [2.05, 4.69) is 21.2 Å². The molecule has 5 heteroatoms. The van der Waals surface area contributed by atoms with E-state index in [1.807, 2.05) is 6.92 Å². The van der Waals surface area contributed by atoms with Crippen LogP contribution in [0.15, 0.2) is 40.9 Å². The van der Waals surface area contributed by atoms with Crippen molar-refractivity contribution in [1.82, 2.24) is 5.32 Å². The number of rotatable bonds is 3. The Morgan fingerprint density at radius 1 is 1.30 bits per heavy atom. The maximum absolute atomic E-state index is 13.1. The van der Waals surface area contributed by atoms with Crippen LogP contribution >= 0.6 is 15.9 Å². The van der Waals surface area contributed by atoms with Crippen LogP contribution < -0.4 is 5.32 Å². The van der Waals surface area contributed by atoms with Crippen molar-refractivity contribution in [2.75, 3.05) is 0 Å². The second kappa shape index (κ2) is 6.05. The molecule has 0 fully saturated rings. The van der Waals surface area contributed by atoms with E-state index in [0.29, 0.717) is 10.0 Å². The van der Waals surface area contributed by atoms with Gasteiger partial charge in [-0.25, -0.2) is 4.39 Å². The number of amides is 1. The van der Waals surface area contributed by atoms with Gasteiger partial charge in [-0.2, -0.15) is 0 Å². The van der Waals surface area contributed by atoms with Crippen LogP contribution in [0.2, 0.25) is 0 Å². The number of benzene rings is 2. The molecule has 0 aliphatic heterocycles. The molecule has 104 valence electrons. The number of carbonyl (C=O) groups excluding carboxylic acids is 1. The predicted octanol–water partition coefficient (Wildman–Crippen LogP) is 3.53. The molecule has 0 aliphatic carbocycles. The van der Waals surface area contributed by atoms with E-state index in [-0.39, 0.29) is 23.7 Å². The third-order valence-corrected chi connectivity index (χ3v) is 3.62. The van der Waals surface area contributed by atoms with Gasteiger partial charge in [0.15, 0.2) is 0 Å². The molecule has 2 aromatic rings. The maximum Gasteiger partial charge on any atom is 0.255 e. The number of carbonyl (C=O) groups is 1. The number of aromatic hydroxyl groups is 1. The Kier molecular flexibility index (Phi) is 4.39. The molecule has 0 radical (unpaired) electrons. The minimum Gasteiger partial charge on any atom is -0.507 e. The molecule has 0 heterocycles. The molecule has 2 aromatic carbocycles. The standard InChI is InChI=1S/C15H13BrFNO2/c1-9-2-4-12(14(19)6-9)15(20)18-8-10-7-11(17)3-5-13(10)16/h2-7,19H,8H2,1H3,(H,18,20). The van der Waals surface area contributed by atoms with E-state index in [1.165, 1.54) is 18.2 Å². The molecule has 0 atom stereocenters. The minimum absolute atomic E-state index is 0.0687. The average Bonchev–Trinajstić information content (AvgIpc) is 2.39. The summed E-state index contributed by atoms with van der Waals surface area (Å²) < 4.78 is 13.8. The summed E-state index contributed by atoms with van der Waals surface area (Å²) in [6.07, 6.45) is 0. The highest BCUT2D eigenvalue weighted by molar-refractivity contribution is 9.10. The summed E-state index contributed by atoms with van der Waals surface area (Å²) in [6, 6.07) is 9.08. The maximum atomic E-state index is 13.1. The van der Waals surface area contributed by atoms with Crippen molar-refractivity contribution in [3.63, 3.8) is 0 Å². The zero-order valence-corrected chi connectivity index (χ0v) is 12.4. The fourth-order valence-corrected chi connectivity index (χ4v) is 2.17. The van der Waals surface area contributed by atoms with E-state index in [9.17, 15) is 14.3 Å². The van der Waals surface area contributed by atoms with Crippen LogP contribution in [0.3, 0.4) is 0 Å². The second-order valence-electron chi connectivity index (χ2n) is 4.44. The number of hydrogen-bond acceptors (Lipinski definition) is 2. The fourth-order valence-electron chi connectivity index (χ4n) is 1.78. The van der Waals surface area contributed by atoms with Gasteiger partial charge in [0, 0.05) is 11.0 Å². The van der Waals surface area contributed by atoms with Gasteiger partial charge >= 0.3 is 0 Å². The van der Waals surface area contributed by atoms with Gasteiger partial charge in [0.2, 0.25) is 0 Å². The molecular formula is C15H13BrFNO2. The van der Waals surface area contributed by atoms with Crippen LogP contribution in [-0.2, 0) is 6.54 Å². The third-order valence-electron chi connectivity index (χ3n) is 2.85. The zero-order chi connectivity index (χ0) is 14.7. The lowest BCUT2D eigenvalue weighted by Gasteiger charge is -2.09. The first kappa shape index (κ1) is 14.5. The summed E-state index contributed by atoms with van der Waals surface area (Å²) >= 11 is 3.29. The quantitative estimate of drug-likeness (QED) is 0.900. The topological polar surface area (TPSA) is 49.3 Å². The molecule has 0 aliphatic rings. The lowest BCUT2D eigenvalue weighted by atomic mass is 10.1. The van der Waals surface area contributed by atoms with Crippen molar-refractivity contribution in [2.45, 2.75) is 13.5 Å². The van der Waals surface area contributed by atoms with Crippen LogP contribution in [0.5, 0.6) is 5.75 Å². The smallest absolute Gasteiger partial charge is 0.255 e. The Hall–Kier alpha value is -1.88. The van der Waals surface area contributed by atoms with Crippen LogP contribution in [0.1, 0.15) is 21.5 Å². The normalized spacial score (nSPS) is 10.3. The van der Waals surface area contributed by atoms with Crippen molar-refractivity contribution < 1.29 is 14.3 Å². The molecule has 0 saturated heterocycles. The van der Waals surface area contributed by atoms with E-state index < -0.39 is 5.91 Å². The molecule has 0 unspecified atom stereocenters. The largest absolute Gasteiger partial charge is 0.507 e. The van der Waals surface area contributed by atoms with E-state index in [0.717, 1.165) is 5.56 Å². The predicted molar refractivity (Wildman–Crippen MR) is 78.1 cm³/mol. The van der Waals surface area contributed by atoms with Crippen molar-refractivity contribution in [2.24, 2.45) is 0 Å². The minimum atomic E-state index is -0.404. The van der Waals surface area contributed by atoms with E-state index >= 15 is 0 Å². The summed E-state index contributed by atoms with van der Waals surface area (Å²) in [6.45, 7) is 2.00. The van der Waals surface area contributed by atoms with Gasteiger partial charge < -0.3 is 10.4 Å². The molecule has 3 nitrogen and oxygen atoms in total. The molecule has 0 bridgehead atoms. The molecule has 0 aromatic heterocycles. The number of aryl methyl sites for hydroxylation is 1. The molecule has 2 rings (SSSR count). The summed E-state index contributed by atoms with van der Waals surface area (Å²) in [5.41, 5.74) is 1.69. The Bertz CT molecular complexity index is 658. The van der Waals surface area contributed by atoms with E-state index in [1.54, 1.807) is 18.2 Å². The number of halogens is 2. The first-order valence-electron chi connectivity index (χ1n) is 5.99. The lowest BCUT2D eigenvalue weighted by Crippen LogP contribution is -2.23. The van der Waals surface area contributed by atoms with Crippen molar-refractivity contribution in [3.05, 3.63) is 63.4 Å². The Morgan fingerprint density at radius 2 is 2.05 bits per heavy atom. The van der Waals surface area contributed by atoms with Crippen molar-refractivity contribution in [1.29, 1.82) is 0 Å². The van der Waals surface area contributed by atoms with Gasteiger partial charge in [-0.3, -0.25) is 4.79 Å². The molecule has 0 spiro atoms. The number of phenolic OH excluding ortho intramolecular Hbond substituents is 1. The van der Waals surface area contributed by atoms with Crippen LogP contribution in [0.4, 0.5) is 4.39 Å². The first-order valence-corrected chi connectivity index (χ1v) is 6.78. The summed E-state index contributed by atoms with van der Waals surface area (Å²) in [7, 11) is 0. The summed E-state index contributed by atoms with van der Waals surface area (Å²) in [5, 5.41) is 12.4. The van der Waals surface area contributed by atoms with Crippen molar-refractivity contribution >= 4 is 21.8 Å². The highest BCUT2D eigenvalue weighted by Gasteiger charge is 2.11. The SMILES string of the molecule is Cc1ccc(C(=O)NCc2cc(F)ccc2Br)c(O)c1. The van der Waals surface area contributed by atoms with Crippen LogP contribution in [0, 0.1) is 12.7 Å². The van der Waals surface area contributed by atoms with Gasteiger partial charge in [0.25, 0.3) is 5.91 Å². The number of phenols is 1. The Morgan fingerprint density at radius 3 is 2.75 bits per heavy atom. The average molecular weight is 338 g/mol. The fraction of sp³-hybridized carbons (Fsp3) is 0.133. The summed E-state index contributed by atoms with van der Waals surface area (Å²) in [5.74, 6) is -0.838. The number of nitrogens with one attached hydrogen (secondary N) is 1. The van der Waals surface area contributed by atoms with E-state index in [4.69, 9.17) is 0 Å². The highest BCUT2D eigenvalue weighted by Crippen LogP contribution is 2.20. The highest BCUT2D eigenvalue weighted by atomic mass is 79.9. The molecule has 1 amide bonds. The van der Waals surface area contributed by atoms with Gasteiger partial charge in [0.05, 0.1) is 5.56 Å². The van der Waals surface area contributed by atoms with Crippen molar-refractivity contribution in [3.8, 4) is 5.75 Å². The van der Waals surface area contributed by atoms with Gasteiger partial charge in [-0.15, -0.1) is 0 Å². The summed E-state index contributed by atoms with van der Waals surface area (Å²) in [4.78, 5) is 12.0. The third kappa shape index (κ3) is 3.36. The van der Waals surface area contributed by atoms with Crippen LogP contribution in [0.25, 0.3) is 0 Å². The Labute approximate surface area is 124 Å². The second-order valence-corrected chi connectivity index (χ2v) is 5.29. The molecule has 20 heavy (non-hydrogen) atoms. The number of hydrogen-bond donors (Lipinski definition) is 2. The molecular weight excluding hydrogens is 325 g/mol. The first-order chi connectivity index (χ1) is 9.47. The lowest BCUT2D eigenvalue weighted by molar-refractivity contribution is 0.0948. The van der Waals surface area contributed by atoms with Gasteiger partial charge in [0.1, 0.15) is 11.6 Å². The zero-order valence-electron chi connectivity index (χ0n) is 10.8. The van der Waals surface area contributed by atoms with Gasteiger partial charge in [-0.05, 0) is 48.4 Å². The Balaban J connectivity index is 2.10. The van der Waals surface area contributed by atoms with Crippen LogP contribution in [-0.4, -0.2) is 11.0 Å². The molecule has 2 N–H and O–H groups in total. The molecule has 0 saturated carbocycles. The monoisotopic (exact) mass is 337 g/mol. The van der Waals surface area contributed by atoms with Gasteiger partial charge in [-0.1, -0.05) is 22.0 Å².